The third kappa shape index (κ3) is 5.32. The molecular weight excluding hydrogens is 286 g/mol. The first-order chi connectivity index (χ1) is 10.0. The van der Waals surface area contributed by atoms with Crippen molar-refractivity contribution in [3.05, 3.63) is 29.3 Å². The van der Waals surface area contributed by atoms with Gasteiger partial charge in [-0.1, -0.05) is 25.2 Å². The molecule has 0 atom stereocenters. The molecule has 1 amide bonds. The number of carbonyl (C=O) groups is 1. The van der Waals surface area contributed by atoms with Gasteiger partial charge in [0.05, 0.1) is 19.2 Å². The Bertz CT molecular complexity index is 506. The van der Waals surface area contributed by atoms with Gasteiger partial charge in [0, 0.05) is 13.6 Å². The van der Waals surface area contributed by atoms with Gasteiger partial charge in [-0.25, -0.2) is 0 Å². The van der Waals surface area contributed by atoms with Crippen LogP contribution in [0, 0.1) is 0 Å². The molecule has 0 saturated carbocycles. The average molecular weight is 309 g/mol. The Balaban J connectivity index is 2.90. The number of benzene rings is 1. The zero-order valence-electron chi connectivity index (χ0n) is 12.8. The highest BCUT2D eigenvalue weighted by atomic mass is 32.1. The molecule has 0 unspecified atom stereocenters. The Labute approximate surface area is 131 Å². The van der Waals surface area contributed by atoms with Gasteiger partial charge in [-0.15, -0.1) is 0 Å². The summed E-state index contributed by atoms with van der Waals surface area (Å²) in [4.78, 5) is 13.9. The van der Waals surface area contributed by atoms with Crippen molar-refractivity contribution in [2.24, 2.45) is 5.73 Å². The van der Waals surface area contributed by atoms with E-state index in [1.54, 1.807) is 14.2 Å². The van der Waals surface area contributed by atoms with E-state index in [0.717, 1.165) is 24.1 Å². The molecule has 1 rings (SSSR count). The second-order valence-corrected chi connectivity index (χ2v) is 5.22. The minimum Gasteiger partial charge on any atom is -0.496 e. The molecule has 3 N–H and O–H groups in total. The van der Waals surface area contributed by atoms with E-state index >= 15 is 0 Å². The first-order valence-corrected chi connectivity index (χ1v) is 7.32. The summed E-state index contributed by atoms with van der Waals surface area (Å²) in [5, 5.41) is 2.65. The molecule has 1 aromatic rings. The van der Waals surface area contributed by atoms with Crippen molar-refractivity contribution < 1.29 is 9.53 Å². The number of likely N-dealkylation sites (N-methyl/N-ethyl adjacent to an activating group) is 1. The Hall–Kier alpha value is -1.66. The van der Waals surface area contributed by atoms with E-state index in [1.807, 2.05) is 18.2 Å². The van der Waals surface area contributed by atoms with Crippen molar-refractivity contribution in [3.8, 4) is 5.75 Å². The predicted octanol–water partition coefficient (Wildman–Crippen LogP) is 1.29. The summed E-state index contributed by atoms with van der Waals surface area (Å²) in [6.07, 6.45) is 0.981. The molecule has 0 spiro atoms. The smallest absolute Gasteiger partial charge is 0.233 e. The molecule has 5 nitrogen and oxygen atoms in total. The summed E-state index contributed by atoms with van der Waals surface area (Å²) in [7, 11) is 3.23. The molecule has 0 saturated heterocycles. The van der Waals surface area contributed by atoms with Crippen molar-refractivity contribution in [1.29, 1.82) is 0 Å². The number of rotatable bonds is 8. The summed E-state index contributed by atoms with van der Waals surface area (Å²) >= 11 is 5.05. The van der Waals surface area contributed by atoms with E-state index in [1.165, 1.54) is 0 Å². The van der Waals surface area contributed by atoms with Gasteiger partial charge >= 0.3 is 0 Å². The second kappa shape index (κ2) is 8.59. The van der Waals surface area contributed by atoms with Gasteiger partial charge in [0.15, 0.2) is 0 Å². The van der Waals surface area contributed by atoms with Gasteiger partial charge < -0.3 is 15.8 Å². The lowest BCUT2D eigenvalue weighted by Gasteiger charge is -2.21. The van der Waals surface area contributed by atoms with E-state index in [4.69, 9.17) is 22.7 Å². The molecule has 6 heteroatoms. The maximum atomic E-state index is 11.5. The Kier molecular flexibility index (Phi) is 7.11. The summed E-state index contributed by atoms with van der Waals surface area (Å²) in [5.41, 5.74) is 7.50. The second-order valence-electron chi connectivity index (χ2n) is 4.78. The fraction of sp³-hybridized carbons (Fsp3) is 0.467. The Morgan fingerprint density at radius 2 is 2.19 bits per heavy atom. The van der Waals surface area contributed by atoms with Gasteiger partial charge in [0.1, 0.15) is 10.7 Å². The van der Waals surface area contributed by atoms with Crippen molar-refractivity contribution >= 4 is 23.1 Å². The fourth-order valence-corrected chi connectivity index (χ4v) is 2.28. The first-order valence-electron chi connectivity index (χ1n) is 6.91. The van der Waals surface area contributed by atoms with Crippen LogP contribution in [0.1, 0.15) is 24.5 Å². The minimum absolute atomic E-state index is 0.00605. The molecule has 0 aliphatic rings. The standard InChI is InChI=1S/C15H23N3O2S/c1-4-7-18(10-14(19)17-2)9-11-5-6-13(20-3)12(8-11)15(16)21/h5-6,8H,4,7,9-10H2,1-3H3,(H2,16,21)(H,17,19). The zero-order valence-corrected chi connectivity index (χ0v) is 13.6. The molecule has 0 fully saturated rings. The molecule has 1 aromatic carbocycles. The summed E-state index contributed by atoms with van der Waals surface area (Å²) in [6, 6.07) is 5.74. The summed E-state index contributed by atoms with van der Waals surface area (Å²) < 4.78 is 5.25. The fourth-order valence-electron chi connectivity index (χ4n) is 2.12. The first kappa shape index (κ1) is 17.4. The van der Waals surface area contributed by atoms with E-state index < -0.39 is 0 Å². The number of hydrogen-bond acceptors (Lipinski definition) is 4. The zero-order chi connectivity index (χ0) is 15.8. The lowest BCUT2D eigenvalue weighted by atomic mass is 10.1. The van der Waals surface area contributed by atoms with Crippen LogP contribution in [-0.4, -0.2) is 43.0 Å². The maximum Gasteiger partial charge on any atom is 0.233 e. The third-order valence-corrected chi connectivity index (χ3v) is 3.34. The number of nitrogens with one attached hydrogen (secondary N) is 1. The van der Waals surface area contributed by atoms with Crippen molar-refractivity contribution in [1.82, 2.24) is 10.2 Å². The highest BCUT2D eigenvalue weighted by Crippen LogP contribution is 2.20. The molecular formula is C15H23N3O2S. The van der Waals surface area contributed by atoms with Crippen molar-refractivity contribution in [2.75, 3.05) is 27.2 Å². The molecule has 0 heterocycles. The lowest BCUT2D eigenvalue weighted by molar-refractivity contribution is -0.121. The van der Waals surface area contributed by atoms with Crippen molar-refractivity contribution in [3.63, 3.8) is 0 Å². The van der Waals surface area contributed by atoms with E-state index in [9.17, 15) is 4.79 Å². The van der Waals surface area contributed by atoms with Crippen LogP contribution < -0.4 is 15.8 Å². The highest BCUT2D eigenvalue weighted by Gasteiger charge is 2.12. The Morgan fingerprint density at radius 1 is 1.48 bits per heavy atom. The van der Waals surface area contributed by atoms with Crippen LogP contribution >= 0.6 is 12.2 Å². The van der Waals surface area contributed by atoms with Crippen LogP contribution in [0.25, 0.3) is 0 Å². The Morgan fingerprint density at radius 3 is 2.71 bits per heavy atom. The quantitative estimate of drug-likeness (QED) is 0.708. The van der Waals surface area contributed by atoms with Crippen LogP contribution in [0.2, 0.25) is 0 Å². The van der Waals surface area contributed by atoms with Gasteiger partial charge in [-0.05, 0) is 30.7 Å². The third-order valence-electron chi connectivity index (χ3n) is 3.12. The van der Waals surface area contributed by atoms with E-state index in [-0.39, 0.29) is 5.91 Å². The monoisotopic (exact) mass is 309 g/mol. The van der Waals surface area contributed by atoms with Crippen LogP contribution in [0.4, 0.5) is 0 Å². The van der Waals surface area contributed by atoms with E-state index in [0.29, 0.717) is 23.8 Å². The largest absolute Gasteiger partial charge is 0.496 e. The van der Waals surface area contributed by atoms with Crippen molar-refractivity contribution in [2.45, 2.75) is 19.9 Å². The normalized spacial score (nSPS) is 10.5. The van der Waals surface area contributed by atoms with Crippen LogP contribution in [0.15, 0.2) is 18.2 Å². The van der Waals surface area contributed by atoms with Gasteiger partial charge in [-0.3, -0.25) is 9.69 Å². The number of nitrogens with two attached hydrogens (primary N) is 1. The predicted molar refractivity (Wildman–Crippen MR) is 88.5 cm³/mol. The van der Waals surface area contributed by atoms with Crippen LogP contribution in [-0.2, 0) is 11.3 Å². The number of nitrogens with zero attached hydrogens (tertiary/aromatic N) is 1. The topological polar surface area (TPSA) is 67.6 Å². The molecule has 0 aromatic heterocycles. The summed E-state index contributed by atoms with van der Waals surface area (Å²) in [6.45, 7) is 3.98. The number of hydrogen-bond donors (Lipinski definition) is 2. The molecule has 0 bridgehead atoms. The molecule has 21 heavy (non-hydrogen) atoms. The number of carbonyl (C=O) groups excluding carboxylic acids is 1. The SMILES string of the molecule is CCCN(CC(=O)NC)Cc1ccc(OC)c(C(N)=S)c1. The minimum atomic E-state index is 0.00605. The molecule has 0 aliphatic carbocycles. The van der Waals surface area contributed by atoms with Crippen LogP contribution in [0.3, 0.4) is 0 Å². The highest BCUT2D eigenvalue weighted by molar-refractivity contribution is 7.80. The number of ether oxygens (including phenoxy) is 1. The molecule has 116 valence electrons. The lowest BCUT2D eigenvalue weighted by Crippen LogP contribution is -2.35. The average Bonchev–Trinajstić information content (AvgIpc) is 2.47. The van der Waals surface area contributed by atoms with E-state index in [2.05, 4.69) is 17.1 Å². The van der Waals surface area contributed by atoms with Gasteiger partial charge in [0.25, 0.3) is 0 Å². The van der Waals surface area contributed by atoms with Gasteiger partial charge in [0.2, 0.25) is 5.91 Å². The molecule has 0 radical (unpaired) electrons. The molecule has 0 aliphatic heterocycles. The van der Waals surface area contributed by atoms with Crippen LogP contribution in [0.5, 0.6) is 5.75 Å². The number of thiocarbonyl (C=S) groups is 1. The van der Waals surface area contributed by atoms with Gasteiger partial charge in [-0.2, -0.15) is 0 Å². The number of amides is 1. The maximum absolute atomic E-state index is 11.5. The number of methoxy groups -OCH3 is 1. The summed E-state index contributed by atoms with van der Waals surface area (Å²) in [5.74, 6) is 0.672.